The van der Waals surface area contributed by atoms with Gasteiger partial charge in [-0.3, -0.25) is 4.90 Å². The number of β-amino-alcohol motifs (C(OH)–C–C–N with tert-alkyl or cyclic N) is 1. The number of rotatable bonds is 3. The molecule has 1 heterocycles. The summed E-state index contributed by atoms with van der Waals surface area (Å²) in [6.07, 6.45) is 4.13. The summed E-state index contributed by atoms with van der Waals surface area (Å²) in [4.78, 5) is 2.28. The molecule has 108 valence electrons. The minimum atomic E-state index is -0.163. The van der Waals surface area contributed by atoms with Crippen molar-refractivity contribution in [2.24, 2.45) is 5.73 Å². The van der Waals surface area contributed by atoms with Crippen LogP contribution in [0, 0.1) is 0 Å². The van der Waals surface area contributed by atoms with Gasteiger partial charge in [0.05, 0.1) is 6.10 Å². The second kappa shape index (κ2) is 5.68. The van der Waals surface area contributed by atoms with Crippen molar-refractivity contribution < 1.29 is 5.11 Å². The molecule has 2 atom stereocenters. The molecule has 3 rings (SSSR count). The zero-order valence-electron chi connectivity index (χ0n) is 12.0. The third-order valence-corrected chi connectivity index (χ3v) is 4.57. The van der Waals surface area contributed by atoms with Crippen molar-refractivity contribution in [2.45, 2.75) is 37.8 Å². The smallest absolute Gasteiger partial charge is 0.0679 e. The van der Waals surface area contributed by atoms with Crippen molar-refractivity contribution in [1.82, 2.24) is 4.90 Å². The molecule has 1 saturated heterocycles. The van der Waals surface area contributed by atoms with Gasteiger partial charge in [-0.1, -0.05) is 24.8 Å². The van der Waals surface area contributed by atoms with E-state index in [1.165, 1.54) is 23.1 Å². The van der Waals surface area contributed by atoms with Crippen molar-refractivity contribution in [3.05, 3.63) is 41.5 Å². The molecule has 0 saturated carbocycles. The molecule has 2 unspecified atom stereocenters. The lowest BCUT2D eigenvalue weighted by Gasteiger charge is -2.24. The first-order valence-electron chi connectivity index (χ1n) is 7.60. The van der Waals surface area contributed by atoms with E-state index in [0.717, 1.165) is 44.5 Å². The third-order valence-electron chi connectivity index (χ3n) is 4.57. The first-order chi connectivity index (χ1) is 9.63. The number of hydrogen-bond acceptors (Lipinski definition) is 3. The van der Waals surface area contributed by atoms with Gasteiger partial charge >= 0.3 is 0 Å². The summed E-state index contributed by atoms with van der Waals surface area (Å²) in [5.74, 6) is 0. The van der Waals surface area contributed by atoms with Crippen molar-refractivity contribution in [3.63, 3.8) is 0 Å². The molecule has 3 N–H and O–H groups in total. The van der Waals surface area contributed by atoms with Crippen LogP contribution < -0.4 is 5.73 Å². The van der Waals surface area contributed by atoms with E-state index in [1.807, 2.05) is 0 Å². The molecule has 1 aliphatic heterocycles. The highest BCUT2D eigenvalue weighted by atomic mass is 16.3. The van der Waals surface area contributed by atoms with E-state index >= 15 is 0 Å². The fourth-order valence-corrected chi connectivity index (χ4v) is 3.39. The van der Waals surface area contributed by atoms with Crippen LogP contribution in [-0.4, -0.2) is 35.7 Å². The molecule has 1 aromatic carbocycles. The minimum absolute atomic E-state index is 0.163. The molecule has 1 aliphatic carbocycles. The fraction of sp³-hybridized carbons (Fsp3) is 0.529. The molecule has 3 heteroatoms. The van der Waals surface area contributed by atoms with Gasteiger partial charge in [-0.05, 0) is 47.9 Å². The Labute approximate surface area is 121 Å². The Kier molecular flexibility index (Phi) is 3.92. The van der Waals surface area contributed by atoms with Crippen LogP contribution in [0.25, 0.3) is 5.57 Å². The van der Waals surface area contributed by atoms with Crippen molar-refractivity contribution in [3.8, 4) is 0 Å². The second-order valence-corrected chi connectivity index (χ2v) is 6.19. The Morgan fingerprint density at radius 3 is 3.00 bits per heavy atom. The average Bonchev–Trinajstić information content (AvgIpc) is 2.84. The van der Waals surface area contributed by atoms with Crippen LogP contribution in [0.1, 0.15) is 42.0 Å². The van der Waals surface area contributed by atoms with Gasteiger partial charge in [-0.2, -0.15) is 0 Å². The molecule has 0 bridgehead atoms. The van der Waals surface area contributed by atoms with Crippen molar-refractivity contribution in [1.29, 1.82) is 0 Å². The van der Waals surface area contributed by atoms with E-state index in [4.69, 9.17) is 5.73 Å². The van der Waals surface area contributed by atoms with E-state index < -0.39 is 0 Å². The standard InChI is InChI=1S/C17H24N2O/c1-12(10-19-8-7-15(20)11-19)13-5-6-16-14(9-13)3-2-4-17(16)18/h5-6,9,15,17,20H,1-4,7-8,10-11,18H2. The number of hydrogen-bond donors (Lipinski definition) is 2. The molecule has 1 aromatic rings. The van der Waals surface area contributed by atoms with Crippen LogP contribution in [0.4, 0.5) is 0 Å². The lowest BCUT2D eigenvalue weighted by Crippen LogP contribution is -2.24. The van der Waals surface area contributed by atoms with Gasteiger partial charge in [0.25, 0.3) is 0 Å². The number of nitrogens with two attached hydrogens (primary N) is 1. The molecule has 0 aromatic heterocycles. The predicted octanol–water partition coefficient (Wildman–Crippen LogP) is 2.10. The summed E-state index contributed by atoms with van der Waals surface area (Å²) in [5, 5.41) is 9.59. The van der Waals surface area contributed by atoms with Gasteiger partial charge < -0.3 is 10.8 Å². The maximum atomic E-state index is 9.59. The molecule has 2 aliphatic rings. The van der Waals surface area contributed by atoms with Gasteiger partial charge in [0.2, 0.25) is 0 Å². The molecule has 3 nitrogen and oxygen atoms in total. The van der Waals surface area contributed by atoms with Crippen LogP contribution in [0.15, 0.2) is 24.8 Å². The molecule has 0 amide bonds. The Morgan fingerprint density at radius 1 is 1.40 bits per heavy atom. The van der Waals surface area contributed by atoms with Gasteiger partial charge in [0.15, 0.2) is 0 Å². The quantitative estimate of drug-likeness (QED) is 0.886. The summed E-state index contributed by atoms with van der Waals surface area (Å²) in [5.41, 5.74) is 11.2. The number of aryl methyl sites for hydroxylation is 1. The van der Waals surface area contributed by atoms with Crippen LogP contribution >= 0.6 is 0 Å². The van der Waals surface area contributed by atoms with E-state index in [9.17, 15) is 5.11 Å². The maximum Gasteiger partial charge on any atom is 0.0679 e. The SMILES string of the molecule is C=C(CN1CCC(O)C1)c1ccc2c(c1)CCCC2N. The molecule has 20 heavy (non-hydrogen) atoms. The minimum Gasteiger partial charge on any atom is -0.392 e. The van der Waals surface area contributed by atoms with Crippen molar-refractivity contribution >= 4 is 5.57 Å². The van der Waals surface area contributed by atoms with E-state index in [1.54, 1.807) is 0 Å². The fourth-order valence-electron chi connectivity index (χ4n) is 3.39. The largest absolute Gasteiger partial charge is 0.392 e. The first-order valence-corrected chi connectivity index (χ1v) is 7.60. The molecule has 1 fully saturated rings. The van der Waals surface area contributed by atoms with Crippen LogP contribution in [0.3, 0.4) is 0 Å². The summed E-state index contributed by atoms with van der Waals surface area (Å²) in [6, 6.07) is 6.80. The highest BCUT2D eigenvalue weighted by Gasteiger charge is 2.21. The summed E-state index contributed by atoms with van der Waals surface area (Å²) in [6.45, 7) is 6.82. The molecule has 0 spiro atoms. The average molecular weight is 272 g/mol. The van der Waals surface area contributed by atoms with Crippen molar-refractivity contribution in [2.75, 3.05) is 19.6 Å². The zero-order valence-corrected chi connectivity index (χ0v) is 12.0. The number of likely N-dealkylation sites (tertiary alicyclic amines) is 1. The topological polar surface area (TPSA) is 49.5 Å². The van der Waals surface area contributed by atoms with Gasteiger partial charge in [-0.25, -0.2) is 0 Å². The Balaban J connectivity index is 1.72. The van der Waals surface area contributed by atoms with Gasteiger partial charge in [0, 0.05) is 25.7 Å². The van der Waals surface area contributed by atoms with Crippen LogP contribution in [-0.2, 0) is 6.42 Å². The van der Waals surface area contributed by atoms with Gasteiger partial charge in [-0.15, -0.1) is 0 Å². The lowest BCUT2D eigenvalue weighted by atomic mass is 9.86. The third kappa shape index (κ3) is 2.80. The number of aliphatic hydroxyl groups is 1. The van der Waals surface area contributed by atoms with Crippen LogP contribution in [0.2, 0.25) is 0 Å². The zero-order chi connectivity index (χ0) is 14.1. The van der Waals surface area contributed by atoms with Gasteiger partial charge in [0.1, 0.15) is 0 Å². The molecular weight excluding hydrogens is 248 g/mol. The first kappa shape index (κ1) is 13.8. The highest BCUT2D eigenvalue weighted by Crippen LogP contribution is 2.30. The Bertz CT molecular complexity index is 512. The lowest BCUT2D eigenvalue weighted by molar-refractivity contribution is 0.180. The number of fused-ring (bicyclic) bond motifs is 1. The predicted molar refractivity (Wildman–Crippen MR) is 82.4 cm³/mol. The van der Waals surface area contributed by atoms with E-state index in [0.29, 0.717) is 0 Å². The second-order valence-electron chi connectivity index (χ2n) is 6.19. The number of aliphatic hydroxyl groups excluding tert-OH is 1. The van der Waals surface area contributed by atoms with E-state index in [-0.39, 0.29) is 12.1 Å². The molecule has 0 radical (unpaired) electrons. The number of nitrogens with zero attached hydrogens (tertiary/aromatic N) is 1. The Hall–Kier alpha value is -1.16. The summed E-state index contributed by atoms with van der Waals surface area (Å²) < 4.78 is 0. The molecular formula is C17H24N2O. The Morgan fingerprint density at radius 2 is 2.25 bits per heavy atom. The summed E-state index contributed by atoms with van der Waals surface area (Å²) >= 11 is 0. The normalized spacial score (nSPS) is 26.5. The highest BCUT2D eigenvalue weighted by molar-refractivity contribution is 5.66. The number of benzene rings is 1. The van der Waals surface area contributed by atoms with Crippen LogP contribution in [0.5, 0.6) is 0 Å². The summed E-state index contributed by atoms with van der Waals surface area (Å²) in [7, 11) is 0. The maximum absolute atomic E-state index is 9.59. The van der Waals surface area contributed by atoms with E-state index in [2.05, 4.69) is 29.7 Å². The monoisotopic (exact) mass is 272 g/mol.